The lowest BCUT2D eigenvalue weighted by molar-refractivity contribution is -0.117. The summed E-state index contributed by atoms with van der Waals surface area (Å²) in [6.07, 6.45) is 1.50. The lowest BCUT2D eigenvalue weighted by Crippen LogP contribution is -2.27. The molecule has 1 fully saturated rings. The van der Waals surface area contributed by atoms with Gasteiger partial charge in [0.25, 0.3) is 5.91 Å². The predicted molar refractivity (Wildman–Crippen MR) is 99.8 cm³/mol. The highest BCUT2D eigenvalue weighted by Crippen LogP contribution is 2.22. The summed E-state index contributed by atoms with van der Waals surface area (Å²) < 4.78 is 0. The molecule has 1 heterocycles. The minimum atomic E-state index is -0.106. The van der Waals surface area contributed by atoms with E-state index < -0.39 is 0 Å². The van der Waals surface area contributed by atoms with Gasteiger partial charge >= 0.3 is 0 Å². The van der Waals surface area contributed by atoms with Crippen molar-refractivity contribution in [2.24, 2.45) is 0 Å². The van der Waals surface area contributed by atoms with Crippen molar-refractivity contribution in [1.29, 1.82) is 0 Å². The molecule has 2 aromatic carbocycles. The van der Waals surface area contributed by atoms with E-state index >= 15 is 0 Å². The van der Waals surface area contributed by atoms with E-state index in [9.17, 15) is 9.59 Å². The first kappa shape index (κ1) is 17.2. The normalized spacial score (nSPS) is 15.3. The maximum atomic E-state index is 12.5. The Morgan fingerprint density at radius 1 is 1.08 bits per heavy atom. The predicted octanol–water partition coefficient (Wildman–Crippen LogP) is 3.92. The van der Waals surface area contributed by atoms with Crippen LogP contribution in [0.25, 0.3) is 0 Å². The quantitative estimate of drug-likeness (QED) is 0.920. The van der Waals surface area contributed by atoms with E-state index in [1.165, 1.54) is 11.1 Å². The number of amides is 2. The van der Waals surface area contributed by atoms with Gasteiger partial charge in [-0.05, 0) is 68.1 Å². The van der Waals surface area contributed by atoms with Gasteiger partial charge in [0.05, 0.1) is 6.04 Å². The molecule has 1 saturated heterocycles. The van der Waals surface area contributed by atoms with Gasteiger partial charge in [-0.15, -0.1) is 0 Å². The van der Waals surface area contributed by atoms with E-state index in [1.54, 1.807) is 17.0 Å². The summed E-state index contributed by atoms with van der Waals surface area (Å²) in [6, 6.07) is 13.4. The first-order valence-corrected chi connectivity index (χ1v) is 8.74. The van der Waals surface area contributed by atoms with Gasteiger partial charge in [0.15, 0.2) is 0 Å². The Morgan fingerprint density at radius 3 is 2.40 bits per heavy atom. The van der Waals surface area contributed by atoms with Crippen LogP contribution in [0.3, 0.4) is 0 Å². The maximum absolute atomic E-state index is 12.5. The number of nitrogens with one attached hydrogen (secondary N) is 1. The molecule has 3 rings (SSSR count). The van der Waals surface area contributed by atoms with Gasteiger partial charge in [-0.3, -0.25) is 9.59 Å². The molecule has 0 radical (unpaired) electrons. The summed E-state index contributed by atoms with van der Waals surface area (Å²) in [5, 5.41) is 3.04. The average molecular weight is 336 g/mol. The van der Waals surface area contributed by atoms with Crippen molar-refractivity contribution in [2.75, 3.05) is 11.4 Å². The van der Waals surface area contributed by atoms with E-state index in [2.05, 4.69) is 37.4 Å². The molecule has 0 aliphatic carbocycles. The number of hydrogen-bond acceptors (Lipinski definition) is 2. The SMILES string of the molecule is Cc1ccc([C@H](C)NC(=O)c2ccc(N3CCCC3=O)cc2)cc1C. The smallest absolute Gasteiger partial charge is 0.251 e. The third-order valence-electron chi connectivity index (χ3n) is 4.89. The van der Waals surface area contributed by atoms with Crippen LogP contribution in [0.2, 0.25) is 0 Å². The highest BCUT2D eigenvalue weighted by atomic mass is 16.2. The molecule has 25 heavy (non-hydrogen) atoms. The van der Waals surface area contributed by atoms with E-state index in [0.717, 1.165) is 24.2 Å². The van der Waals surface area contributed by atoms with Crippen molar-refractivity contribution in [3.8, 4) is 0 Å². The van der Waals surface area contributed by atoms with E-state index in [1.807, 2.05) is 19.1 Å². The monoisotopic (exact) mass is 336 g/mol. The van der Waals surface area contributed by atoms with Gasteiger partial charge < -0.3 is 10.2 Å². The lowest BCUT2D eigenvalue weighted by atomic mass is 10.0. The number of anilines is 1. The van der Waals surface area contributed by atoms with E-state index in [4.69, 9.17) is 0 Å². The molecule has 0 bridgehead atoms. The Morgan fingerprint density at radius 2 is 1.80 bits per heavy atom. The molecule has 0 aromatic heterocycles. The molecule has 2 aromatic rings. The standard InChI is InChI=1S/C21H24N2O2/c1-14-6-7-18(13-15(14)2)16(3)22-21(25)17-8-10-19(11-9-17)23-12-4-5-20(23)24/h6-11,13,16H,4-5,12H2,1-3H3,(H,22,25)/t16-/m0/s1. The number of carbonyl (C=O) groups is 2. The molecule has 130 valence electrons. The number of rotatable bonds is 4. The Labute approximate surface area is 148 Å². The van der Waals surface area contributed by atoms with Crippen LogP contribution in [0, 0.1) is 13.8 Å². The fourth-order valence-corrected chi connectivity index (χ4v) is 3.11. The highest BCUT2D eigenvalue weighted by molar-refractivity contribution is 5.97. The fraction of sp³-hybridized carbons (Fsp3) is 0.333. The molecular formula is C21H24N2O2. The third-order valence-corrected chi connectivity index (χ3v) is 4.89. The number of benzene rings is 2. The molecule has 4 nitrogen and oxygen atoms in total. The van der Waals surface area contributed by atoms with Crippen molar-refractivity contribution < 1.29 is 9.59 Å². The summed E-state index contributed by atoms with van der Waals surface area (Å²) >= 11 is 0. The summed E-state index contributed by atoms with van der Waals surface area (Å²) in [7, 11) is 0. The molecule has 0 unspecified atom stereocenters. The number of carbonyl (C=O) groups excluding carboxylic acids is 2. The van der Waals surface area contributed by atoms with Crippen LogP contribution in [-0.4, -0.2) is 18.4 Å². The molecular weight excluding hydrogens is 312 g/mol. The van der Waals surface area contributed by atoms with Gasteiger partial charge in [-0.25, -0.2) is 0 Å². The second-order valence-corrected chi connectivity index (χ2v) is 6.73. The Balaban J connectivity index is 1.68. The number of nitrogens with zero attached hydrogens (tertiary/aromatic N) is 1. The van der Waals surface area contributed by atoms with Gasteiger partial charge in [0, 0.05) is 24.2 Å². The largest absolute Gasteiger partial charge is 0.346 e. The molecule has 1 atom stereocenters. The fourth-order valence-electron chi connectivity index (χ4n) is 3.11. The summed E-state index contributed by atoms with van der Waals surface area (Å²) in [5.41, 5.74) is 5.02. The zero-order valence-electron chi connectivity index (χ0n) is 15.0. The first-order valence-electron chi connectivity index (χ1n) is 8.74. The van der Waals surface area contributed by atoms with Crippen LogP contribution in [0.1, 0.15) is 52.9 Å². The van der Waals surface area contributed by atoms with Crippen LogP contribution in [0.15, 0.2) is 42.5 Å². The van der Waals surface area contributed by atoms with E-state index in [0.29, 0.717) is 12.0 Å². The molecule has 2 amide bonds. The second kappa shape index (κ2) is 7.09. The van der Waals surface area contributed by atoms with Crippen molar-refractivity contribution in [3.63, 3.8) is 0 Å². The highest BCUT2D eigenvalue weighted by Gasteiger charge is 2.21. The van der Waals surface area contributed by atoms with Crippen LogP contribution >= 0.6 is 0 Å². The lowest BCUT2D eigenvalue weighted by Gasteiger charge is -2.17. The number of aryl methyl sites for hydroxylation is 2. The van der Waals surface area contributed by atoms with Gasteiger partial charge in [0.2, 0.25) is 5.91 Å². The van der Waals surface area contributed by atoms with Gasteiger partial charge in [0.1, 0.15) is 0 Å². The van der Waals surface area contributed by atoms with Crippen molar-refractivity contribution >= 4 is 17.5 Å². The average Bonchev–Trinajstić information content (AvgIpc) is 3.03. The van der Waals surface area contributed by atoms with Crippen LogP contribution in [0.4, 0.5) is 5.69 Å². The minimum Gasteiger partial charge on any atom is -0.346 e. The first-order chi connectivity index (χ1) is 12.0. The van der Waals surface area contributed by atoms with Gasteiger partial charge in [-0.1, -0.05) is 18.2 Å². The van der Waals surface area contributed by atoms with Crippen LogP contribution in [-0.2, 0) is 4.79 Å². The minimum absolute atomic E-state index is 0.0633. The van der Waals surface area contributed by atoms with Crippen LogP contribution in [0.5, 0.6) is 0 Å². The number of hydrogen-bond donors (Lipinski definition) is 1. The Hall–Kier alpha value is -2.62. The van der Waals surface area contributed by atoms with Crippen molar-refractivity contribution in [1.82, 2.24) is 5.32 Å². The molecule has 0 saturated carbocycles. The summed E-state index contributed by atoms with van der Waals surface area (Å²) in [4.78, 5) is 26.1. The zero-order valence-corrected chi connectivity index (χ0v) is 15.0. The molecule has 4 heteroatoms. The molecule has 0 spiro atoms. The van der Waals surface area contributed by atoms with E-state index in [-0.39, 0.29) is 17.9 Å². The third kappa shape index (κ3) is 3.73. The van der Waals surface area contributed by atoms with Crippen molar-refractivity contribution in [2.45, 2.75) is 39.7 Å². The molecule has 1 N–H and O–H groups in total. The van der Waals surface area contributed by atoms with Crippen LogP contribution < -0.4 is 10.2 Å². The Kier molecular flexibility index (Phi) is 4.88. The van der Waals surface area contributed by atoms with Gasteiger partial charge in [-0.2, -0.15) is 0 Å². The maximum Gasteiger partial charge on any atom is 0.251 e. The molecule has 1 aliphatic rings. The summed E-state index contributed by atoms with van der Waals surface area (Å²) in [5.74, 6) is 0.0468. The summed E-state index contributed by atoms with van der Waals surface area (Å²) in [6.45, 7) is 6.90. The topological polar surface area (TPSA) is 49.4 Å². The second-order valence-electron chi connectivity index (χ2n) is 6.73. The molecule has 1 aliphatic heterocycles. The Bertz CT molecular complexity index is 796. The zero-order chi connectivity index (χ0) is 18.0. The van der Waals surface area contributed by atoms with Crippen molar-refractivity contribution in [3.05, 3.63) is 64.7 Å².